The number of nitrogens with one attached hydrogen (secondary N) is 1. The molecule has 0 spiro atoms. The zero-order valence-corrected chi connectivity index (χ0v) is 27.8. The molecular weight excluding hydrogens is 751 g/mol. The van der Waals surface area contributed by atoms with Crippen LogP contribution in [0.5, 0.6) is 0 Å². The molecule has 0 amide bonds. The minimum atomic E-state index is -5.48. The van der Waals surface area contributed by atoms with Crippen LogP contribution in [0.1, 0.15) is 12.6 Å². The fraction of sp³-hybridized carbons (Fsp3) is 0.706. The molecule has 0 aliphatic carbocycles. The predicted octanol–water partition coefficient (Wildman–Crippen LogP) is 3.46. The van der Waals surface area contributed by atoms with E-state index in [-0.39, 0.29) is 22.1 Å². The third-order valence-corrected chi connectivity index (χ3v) is 12.7. The Morgan fingerprint density at radius 1 is 1.16 bits per heavy atom. The number of aliphatic hydroxyl groups is 2. The van der Waals surface area contributed by atoms with Gasteiger partial charge in [0.05, 0.1) is 12.7 Å². The van der Waals surface area contributed by atoms with Crippen molar-refractivity contribution >= 4 is 86.7 Å². The average molecular weight is 776 g/mol. The summed E-state index contributed by atoms with van der Waals surface area (Å²) in [7, 11) is -16.1. The second kappa shape index (κ2) is 15.3. The standard InChI is InChI=1S/C17H25Cl2F3N5O12P3S2/c1-43-5-3-23-11-8-12(26-16(25-11)44-4-2-17(20,21)22)27(6-24-8)13-9(28)10(29)14(36-13)37-42(35,38-15(18)19)39-41(33,34)7-40(30,31)32/h6,9-10,13-15,28-29H,2-5,7H2,1H3,(H,33,34)(H,23,25,26)(H2,30,31,32)/t9?,10?,13-,14-,42?/m1/s1. The number of fused-ring (bicyclic) bond motifs is 1. The van der Waals surface area contributed by atoms with Crippen LogP contribution >= 0.6 is 69.7 Å². The first-order valence-electron chi connectivity index (χ1n) is 11.7. The van der Waals surface area contributed by atoms with Crippen molar-refractivity contribution < 1.29 is 69.9 Å². The highest BCUT2D eigenvalue weighted by atomic mass is 35.5. The number of anilines is 1. The van der Waals surface area contributed by atoms with E-state index in [1.54, 1.807) is 0 Å². The fourth-order valence-electron chi connectivity index (χ4n) is 3.45. The van der Waals surface area contributed by atoms with Gasteiger partial charge in [-0.05, 0) is 6.26 Å². The van der Waals surface area contributed by atoms with Crippen LogP contribution in [-0.4, -0.2) is 104 Å². The molecule has 2 aromatic rings. The summed E-state index contributed by atoms with van der Waals surface area (Å²) in [6.07, 6.45) is -10.5. The number of alkyl halides is 5. The van der Waals surface area contributed by atoms with E-state index < -0.39 is 77.0 Å². The van der Waals surface area contributed by atoms with Crippen LogP contribution in [0.15, 0.2) is 11.5 Å². The number of aliphatic hydroxyl groups excluding tert-OH is 2. The van der Waals surface area contributed by atoms with Crippen molar-refractivity contribution in [1.29, 1.82) is 0 Å². The van der Waals surface area contributed by atoms with Gasteiger partial charge in [0.15, 0.2) is 40.6 Å². The summed E-state index contributed by atoms with van der Waals surface area (Å²) in [6.45, 7) is 0.387. The van der Waals surface area contributed by atoms with Crippen molar-refractivity contribution in [2.45, 2.75) is 47.5 Å². The van der Waals surface area contributed by atoms with Crippen molar-refractivity contribution in [2.24, 2.45) is 0 Å². The van der Waals surface area contributed by atoms with E-state index >= 15 is 0 Å². The van der Waals surface area contributed by atoms with Crippen molar-refractivity contribution in [3.8, 4) is 0 Å². The van der Waals surface area contributed by atoms with Crippen LogP contribution in [0.4, 0.5) is 19.0 Å². The molecule has 3 rings (SSSR count). The Morgan fingerprint density at radius 3 is 2.43 bits per heavy atom. The summed E-state index contributed by atoms with van der Waals surface area (Å²) < 4.78 is 94.9. The lowest BCUT2D eigenvalue weighted by Gasteiger charge is -2.24. The number of rotatable bonds is 16. The van der Waals surface area contributed by atoms with Crippen molar-refractivity contribution in [2.75, 3.05) is 35.5 Å². The molecule has 17 nitrogen and oxygen atoms in total. The number of imidazole rings is 1. The van der Waals surface area contributed by atoms with Crippen molar-refractivity contribution in [1.82, 2.24) is 19.5 Å². The topological polar surface area (TPSA) is 245 Å². The Hall–Kier alpha value is -0.250. The molecule has 1 fully saturated rings. The molecule has 1 aliphatic rings. The van der Waals surface area contributed by atoms with Crippen LogP contribution in [0.3, 0.4) is 0 Å². The van der Waals surface area contributed by atoms with Gasteiger partial charge in [-0.1, -0.05) is 35.0 Å². The maximum atomic E-state index is 13.1. The summed E-state index contributed by atoms with van der Waals surface area (Å²) in [6, 6.07) is 0. The van der Waals surface area contributed by atoms with Crippen LogP contribution < -0.4 is 5.32 Å². The molecule has 0 bridgehead atoms. The summed E-state index contributed by atoms with van der Waals surface area (Å²) in [5, 5.41) is 22.2. The molecule has 0 saturated carbocycles. The molecular formula is C17H25Cl2F3N5O12P3S2. The molecule has 6 N–H and O–H groups in total. The van der Waals surface area contributed by atoms with Gasteiger partial charge in [0, 0.05) is 18.1 Å². The van der Waals surface area contributed by atoms with Gasteiger partial charge in [-0.15, -0.1) is 0 Å². The average Bonchev–Trinajstić information content (AvgIpc) is 3.37. The van der Waals surface area contributed by atoms with Gasteiger partial charge in [0.25, 0.3) is 0 Å². The van der Waals surface area contributed by atoms with Gasteiger partial charge in [-0.2, -0.15) is 24.9 Å². The van der Waals surface area contributed by atoms with Gasteiger partial charge in [0.1, 0.15) is 12.2 Å². The maximum Gasteiger partial charge on any atom is 0.486 e. The molecule has 27 heteroatoms. The number of halogens is 5. The Morgan fingerprint density at radius 2 is 1.84 bits per heavy atom. The number of hydrogen-bond donors (Lipinski definition) is 6. The van der Waals surface area contributed by atoms with Crippen molar-refractivity contribution in [3.05, 3.63) is 6.33 Å². The number of ether oxygens (including phenoxy) is 1. The summed E-state index contributed by atoms with van der Waals surface area (Å²) in [4.78, 5) is 40.4. The third-order valence-electron chi connectivity index (χ3n) is 5.12. The van der Waals surface area contributed by atoms with E-state index in [0.29, 0.717) is 24.1 Å². The number of aromatic nitrogens is 4. The van der Waals surface area contributed by atoms with Gasteiger partial charge in [-0.25, -0.2) is 23.8 Å². The highest BCUT2D eigenvalue weighted by Gasteiger charge is 2.51. The number of thioether (sulfide) groups is 2. The number of hydrogen-bond acceptors (Lipinski definition) is 15. The van der Waals surface area contributed by atoms with Gasteiger partial charge < -0.3 is 34.9 Å². The van der Waals surface area contributed by atoms with E-state index in [1.807, 2.05) is 6.26 Å². The lowest BCUT2D eigenvalue weighted by Crippen LogP contribution is -2.32. The quantitative estimate of drug-likeness (QED) is 0.0470. The monoisotopic (exact) mass is 775 g/mol. The Kier molecular flexibility index (Phi) is 13.3. The minimum absolute atomic E-state index is 0.0724. The highest BCUT2D eigenvalue weighted by Crippen LogP contribution is 2.68. The Labute approximate surface area is 264 Å². The molecule has 0 radical (unpaired) electrons. The second-order valence-electron chi connectivity index (χ2n) is 8.63. The van der Waals surface area contributed by atoms with Crippen molar-refractivity contribution in [3.63, 3.8) is 0 Å². The van der Waals surface area contributed by atoms with Crippen LogP contribution in [0.2, 0.25) is 0 Å². The largest absolute Gasteiger partial charge is 0.486 e. The van der Waals surface area contributed by atoms with E-state index in [4.69, 9.17) is 42.2 Å². The number of phosphoric ester groups is 1. The second-order valence-corrected chi connectivity index (χ2v) is 17.4. The molecule has 0 aromatic carbocycles. The zero-order valence-electron chi connectivity index (χ0n) is 21.9. The summed E-state index contributed by atoms with van der Waals surface area (Å²) >= 11 is 13.0. The highest BCUT2D eigenvalue weighted by molar-refractivity contribution is 7.99. The van der Waals surface area contributed by atoms with Crippen LogP contribution in [-0.2, 0) is 31.8 Å². The van der Waals surface area contributed by atoms with Crippen LogP contribution in [0, 0.1) is 0 Å². The van der Waals surface area contributed by atoms with E-state index in [1.165, 1.54) is 11.8 Å². The first-order valence-corrected chi connectivity index (χ1v) is 20.0. The van der Waals surface area contributed by atoms with E-state index in [0.717, 1.165) is 10.9 Å². The molecule has 252 valence electrons. The third kappa shape index (κ3) is 11.2. The molecule has 3 heterocycles. The Bertz CT molecular complexity index is 1440. The number of phosphoric acid groups is 1. The lowest BCUT2D eigenvalue weighted by molar-refractivity contribution is -0.135. The summed E-state index contributed by atoms with van der Waals surface area (Å²) in [5.41, 5.74) is 0.0286. The predicted molar refractivity (Wildman–Crippen MR) is 153 cm³/mol. The molecule has 1 saturated heterocycles. The smallest absolute Gasteiger partial charge is 0.385 e. The fourth-order valence-corrected chi connectivity index (χ4v) is 9.93. The van der Waals surface area contributed by atoms with E-state index in [9.17, 15) is 42.0 Å². The Balaban J connectivity index is 1.92. The summed E-state index contributed by atoms with van der Waals surface area (Å²) in [5.74, 6) is -1.46. The molecule has 44 heavy (non-hydrogen) atoms. The minimum Gasteiger partial charge on any atom is -0.385 e. The maximum absolute atomic E-state index is 13.1. The van der Waals surface area contributed by atoms with Gasteiger partial charge in [0.2, 0.25) is 5.02 Å². The zero-order chi connectivity index (χ0) is 33.1. The SMILES string of the molecule is CSCCNc1nc(SCCC(F)(F)F)nc2c1ncn2[C@@H]1O[C@H](OP(=O)(OC(Cl)Cl)OP(=O)(O)CP(=O)(O)O)C(O)C1O. The first kappa shape index (κ1) is 38.2. The first-order chi connectivity index (χ1) is 20.2. The molecule has 4 unspecified atom stereocenters. The number of nitrogens with zero attached hydrogens (tertiary/aromatic N) is 4. The lowest BCUT2D eigenvalue weighted by atomic mass is 10.2. The normalized spacial score (nSPS) is 24.1. The van der Waals surface area contributed by atoms with E-state index in [2.05, 4.69) is 29.1 Å². The molecule has 6 atom stereocenters. The molecule has 2 aromatic heterocycles. The van der Waals surface area contributed by atoms with Gasteiger partial charge >= 0.3 is 29.2 Å². The van der Waals surface area contributed by atoms with Gasteiger partial charge in [-0.3, -0.25) is 22.7 Å². The molecule has 1 aliphatic heterocycles. The van der Waals surface area contributed by atoms with Crippen LogP contribution in [0.25, 0.3) is 11.2 Å².